The van der Waals surface area contributed by atoms with Crippen molar-refractivity contribution in [3.8, 4) is 0 Å². The molecule has 1 unspecified atom stereocenters. The second-order valence-corrected chi connectivity index (χ2v) is 7.03. The van der Waals surface area contributed by atoms with Gasteiger partial charge in [-0.05, 0) is 36.2 Å². The molecular weight excluding hydrogens is 290 g/mol. The Morgan fingerprint density at radius 2 is 1.91 bits per heavy atom. The second-order valence-electron chi connectivity index (χ2n) is 7.03. The van der Waals surface area contributed by atoms with E-state index in [-0.39, 0.29) is 11.5 Å². The molecule has 0 bridgehead atoms. The summed E-state index contributed by atoms with van der Waals surface area (Å²) in [6, 6.07) is 9.75. The highest BCUT2D eigenvalue weighted by atomic mass is 16.6. The zero-order chi connectivity index (χ0) is 16.3. The highest BCUT2D eigenvalue weighted by Gasteiger charge is 2.43. The number of hydrogen-bond acceptors (Lipinski definition) is 3. The molecule has 1 saturated carbocycles. The summed E-state index contributed by atoms with van der Waals surface area (Å²) in [7, 11) is 0. The van der Waals surface area contributed by atoms with Crippen molar-refractivity contribution < 1.29 is 14.3 Å². The lowest BCUT2D eigenvalue weighted by Gasteiger charge is -2.47. The van der Waals surface area contributed by atoms with Crippen LogP contribution in [-0.4, -0.2) is 29.9 Å². The number of amides is 1. The Morgan fingerprint density at radius 3 is 2.57 bits per heavy atom. The zero-order valence-electron chi connectivity index (χ0n) is 13.8. The molecule has 3 rings (SSSR count). The predicted octanol–water partition coefficient (Wildman–Crippen LogP) is 3.79. The molecule has 1 atom stereocenters. The van der Waals surface area contributed by atoms with Crippen LogP contribution in [0.3, 0.4) is 0 Å². The van der Waals surface area contributed by atoms with E-state index in [4.69, 9.17) is 4.74 Å². The summed E-state index contributed by atoms with van der Waals surface area (Å²) in [5.74, 6) is 0.832. The van der Waals surface area contributed by atoms with E-state index in [1.54, 1.807) is 0 Å². The van der Waals surface area contributed by atoms with Gasteiger partial charge in [0.05, 0.1) is 0 Å². The molecule has 1 aliphatic carbocycles. The minimum Gasteiger partial charge on any atom is -0.445 e. The third-order valence-electron chi connectivity index (χ3n) is 5.70. The SMILES string of the molecule is CC1CC(=O)CCC12CCN(C(=O)OCc1ccccc1)CC2. The Labute approximate surface area is 137 Å². The molecule has 1 spiro atoms. The predicted molar refractivity (Wildman–Crippen MR) is 87.9 cm³/mol. The summed E-state index contributed by atoms with van der Waals surface area (Å²) >= 11 is 0. The lowest BCUT2D eigenvalue weighted by atomic mass is 9.62. The van der Waals surface area contributed by atoms with E-state index in [1.165, 1.54) is 0 Å². The van der Waals surface area contributed by atoms with Crippen molar-refractivity contribution in [2.24, 2.45) is 11.3 Å². The maximum Gasteiger partial charge on any atom is 0.410 e. The zero-order valence-corrected chi connectivity index (χ0v) is 13.8. The summed E-state index contributed by atoms with van der Waals surface area (Å²) in [6.45, 7) is 4.00. The Kier molecular flexibility index (Phi) is 4.69. The summed E-state index contributed by atoms with van der Waals surface area (Å²) in [5.41, 5.74) is 1.26. The minimum absolute atomic E-state index is 0.219. The quantitative estimate of drug-likeness (QED) is 0.834. The number of likely N-dealkylation sites (tertiary alicyclic amines) is 1. The number of carbonyl (C=O) groups excluding carboxylic acids is 2. The van der Waals surface area contributed by atoms with Crippen molar-refractivity contribution in [1.29, 1.82) is 0 Å². The number of ketones is 1. The van der Waals surface area contributed by atoms with E-state index in [0.29, 0.717) is 31.1 Å². The van der Waals surface area contributed by atoms with Gasteiger partial charge in [-0.1, -0.05) is 37.3 Å². The van der Waals surface area contributed by atoms with Crippen LogP contribution in [0.15, 0.2) is 30.3 Å². The summed E-state index contributed by atoms with van der Waals surface area (Å²) in [5, 5.41) is 0. The van der Waals surface area contributed by atoms with Gasteiger partial charge < -0.3 is 9.64 Å². The second kappa shape index (κ2) is 6.73. The van der Waals surface area contributed by atoms with Crippen LogP contribution in [0.5, 0.6) is 0 Å². The lowest BCUT2D eigenvalue weighted by molar-refractivity contribution is -0.126. The van der Waals surface area contributed by atoms with Gasteiger partial charge in [-0.3, -0.25) is 4.79 Å². The van der Waals surface area contributed by atoms with Gasteiger partial charge >= 0.3 is 6.09 Å². The van der Waals surface area contributed by atoms with Crippen molar-refractivity contribution in [3.63, 3.8) is 0 Å². The standard InChI is InChI=1S/C19H25NO3/c1-15-13-17(21)7-8-19(15)9-11-20(12-10-19)18(22)23-14-16-5-3-2-4-6-16/h2-6,15H,7-14H2,1H3. The van der Waals surface area contributed by atoms with E-state index in [9.17, 15) is 9.59 Å². The van der Waals surface area contributed by atoms with Gasteiger partial charge in [-0.25, -0.2) is 4.79 Å². The highest BCUT2D eigenvalue weighted by molar-refractivity contribution is 5.79. The van der Waals surface area contributed by atoms with E-state index in [0.717, 1.165) is 37.9 Å². The average Bonchev–Trinajstić information content (AvgIpc) is 2.58. The van der Waals surface area contributed by atoms with E-state index >= 15 is 0 Å². The van der Waals surface area contributed by atoms with Crippen molar-refractivity contribution in [1.82, 2.24) is 4.90 Å². The monoisotopic (exact) mass is 315 g/mol. The molecule has 4 nitrogen and oxygen atoms in total. The maximum atomic E-state index is 12.2. The van der Waals surface area contributed by atoms with Crippen LogP contribution < -0.4 is 0 Å². The van der Waals surface area contributed by atoms with Crippen molar-refractivity contribution in [2.75, 3.05) is 13.1 Å². The van der Waals surface area contributed by atoms with Crippen LogP contribution in [-0.2, 0) is 16.1 Å². The smallest absolute Gasteiger partial charge is 0.410 e. The first-order chi connectivity index (χ1) is 11.1. The van der Waals surface area contributed by atoms with Gasteiger partial charge in [0.1, 0.15) is 12.4 Å². The molecule has 0 radical (unpaired) electrons. The number of ether oxygens (including phenoxy) is 1. The fourth-order valence-electron chi connectivity index (χ4n) is 3.98. The van der Waals surface area contributed by atoms with Crippen molar-refractivity contribution in [2.45, 2.75) is 45.6 Å². The van der Waals surface area contributed by atoms with Gasteiger partial charge in [0, 0.05) is 25.9 Å². The average molecular weight is 315 g/mol. The molecule has 0 N–H and O–H groups in total. The molecule has 1 aromatic rings. The molecule has 23 heavy (non-hydrogen) atoms. The Hall–Kier alpha value is -1.84. The largest absolute Gasteiger partial charge is 0.445 e. The lowest BCUT2D eigenvalue weighted by Crippen LogP contribution is -2.47. The number of nitrogens with zero attached hydrogens (tertiary/aromatic N) is 1. The Balaban J connectivity index is 1.50. The first kappa shape index (κ1) is 16.0. The minimum atomic E-state index is -0.219. The van der Waals surface area contributed by atoms with Crippen LogP contribution in [0, 0.1) is 11.3 Å². The molecule has 0 aromatic heterocycles. The summed E-state index contributed by atoms with van der Waals surface area (Å²) in [4.78, 5) is 25.6. The fourth-order valence-corrected chi connectivity index (χ4v) is 3.98. The van der Waals surface area contributed by atoms with Gasteiger partial charge in [0.15, 0.2) is 0 Å². The topological polar surface area (TPSA) is 46.6 Å². The van der Waals surface area contributed by atoms with E-state index < -0.39 is 0 Å². The Morgan fingerprint density at radius 1 is 1.22 bits per heavy atom. The number of piperidine rings is 1. The molecule has 2 fully saturated rings. The van der Waals surface area contributed by atoms with Gasteiger partial charge in [0.2, 0.25) is 0 Å². The fraction of sp³-hybridized carbons (Fsp3) is 0.579. The van der Waals surface area contributed by atoms with E-state index in [1.807, 2.05) is 35.2 Å². The molecule has 2 aliphatic rings. The first-order valence-corrected chi connectivity index (χ1v) is 8.56. The number of hydrogen-bond donors (Lipinski definition) is 0. The highest BCUT2D eigenvalue weighted by Crippen LogP contribution is 2.47. The molecule has 1 aliphatic heterocycles. The van der Waals surface area contributed by atoms with Crippen LogP contribution in [0.4, 0.5) is 4.79 Å². The van der Waals surface area contributed by atoms with Gasteiger partial charge in [-0.2, -0.15) is 0 Å². The Bertz CT molecular complexity index is 561. The van der Waals surface area contributed by atoms with Crippen LogP contribution in [0.25, 0.3) is 0 Å². The number of Topliss-reactive ketones (excluding diaryl/α,β-unsaturated/α-hetero) is 1. The molecular formula is C19H25NO3. The number of rotatable bonds is 2. The molecule has 124 valence electrons. The van der Waals surface area contributed by atoms with Crippen LogP contribution >= 0.6 is 0 Å². The van der Waals surface area contributed by atoms with Gasteiger partial charge in [0.25, 0.3) is 0 Å². The number of carbonyl (C=O) groups is 2. The first-order valence-electron chi connectivity index (χ1n) is 8.56. The molecule has 1 aromatic carbocycles. The van der Waals surface area contributed by atoms with Crippen molar-refractivity contribution in [3.05, 3.63) is 35.9 Å². The molecule has 1 heterocycles. The van der Waals surface area contributed by atoms with Crippen LogP contribution in [0.1, 0.15) is 44.6 Å². The normalized spacial score (nSPS) is 23.8. The third kappa shape index (κ3) is 3.57. The summed E-state index contributed by atoms with van der Waals surface area (Å²) < 4.78 is 5.42. The number of benzene rings is 1. The van der Waals surface area contributed by atoms with Crippen molar-refractivity contribution >= 4 is 11.9 Å². The van der Waals surface area contributed by atoms with Gasteiger partial charge in [-0.15, -0.1) is 0 Å². The molecule has 1 saturated heterocycles. The third-order valence-corrected chi connectivity index (χ3v) is 5.70. The molecule has 4 heteroatoms. The van der Waals surface area contributed by atoms with E-state index in [2.05, 4.69) is 6.92 Å². The maximum absolute atomic E-state index is 12.2. The molecule has 1 amide bonds. The van der Waals surface area contributed by atoms with Crippen LogP contribution in [0.2, 0.25) is 0 Å². The summed E-state index contributed by atoms with van der Waals surface area (Å²) in [6.07, 6.45) is 4.16.